The Morgan fingerprint density at radius 3 is 2.22 bits per heavy atom. The summed E-state index contributed by atoms with van der Waals surface area (Å²) in [6, 6.07) is 12.3. The Hall–Kier alpha value is -1.85. The zero-order valence-corrected chi connectivity index (χ0v) is 18.6. The van der Waals surface area contributed by atoms with Crippen LogP contribution in [0.2, 0.25) is 0 Å². The van der Waals surface area contributed by atoms with Crippen molar-refractivity contribution in [3.63, 3.8) is 0 Å². The molecule has 1 N–H and O–H groups in total. The van der Waals surface area contributed by atoms with Gasteiger partial charge in [0.1, 0.15) is 0 Å². The first-order valence-electron chi connectivity index (χ1n) is 8.80. The van der Waals surface area contributed by atoms with Crippen LogP contribution in [0.15, 0.2) is 50.8 Å². The first kappa shape index (κ1) is 19.9. The van der Waals surface area contributed by atoms with Gasteiger partial charge in [-0.25, -0.2) is 4.99 Å². The Kier molecular flexibility index (Phi) is 5.63. The molecule has 2 aromatic carbocycles. The molecule has 2 aromatic rings. The minimum Gasteiger partial charge on any atom is -0.300 e. The van der Waals surface area contributed by atoms with Crippen LogP contribution in [0.4, 0.5) is 5.69 Å². The molecule has 1 aliphatic heterocycles. The summed E-state index contributed by atoms with van der Waals surface area (Å²) >= 11 is 4.94. The number of aryl methyl sites for hydroxylation is 2. The summed E-state index contributed by atoms with van der Waals surface area (Å²) in [4.78, 5) is 17.6. The maximum atomic E-state index is 12.3. The Balaban J connectivity index is 1.82. The van der Waals surface area contributed by atoms with E-state index in [1.807, 2.05) is 32.1 Å². The first-order valence-corrected chi connectivity index (χ1v) is 10.4. The van der Waals surface area contributed by atoms with Crippen molar-refractivity contribution in [1.29, 1.82) is 0 Å². The Bertz CT molecular complexity index is 930. The number of carbonyl (C=O) groups excluding carboxylic acids is 1. The van der Waals surface area contributed by atoms with Crippen molar-refractivity contribution in [2.75, 3.05) is 0 Å². The fourth-order valence-electron chi connectivity index (χ4n) is 2.82. The summed E-state index contributed by atoms with van der Waals surface area (Å²) in [6.45, 7) is 10.6. The van der Waals surface area contributed by atoms with Crippen molar-refractivity contribution in [2.24, 2.45) is 4.99 Å². The largest absolute Gasteiger partial charge is 0.300 e. The highest BCUT2D eigenvalue weighted by molar-refractivity contribution is 9.10. The molecule has 3 rings (SSSR count). The number of halogens is 1. The third-order valence-electron chi connectivity index (χ3n) is 4.38. The van der Waals surface area contributed by atoms with Crippen LogP contribution in [0.3, 0.4) is 0 Å². The molecule has 0 unspecified atom stereocenters. The van der Waals surface area contributed by atoms with E-state index in [-0.39, 0.29) is 11.3 Å². The third kappa shape index (κ3) is 4.71. The van der Waals surface area contributed by atoms with Crippen molar-refractivity contribution >= 4 is 50.5 Å². The van der Waals surface area contributed by atoms with E-state index >= 15 is 0 Å². The van der Waals surface area contributed by atoms with Gasteiger partial charge in [0.15, 0.2) is 5.17 Å². The molecule has 5 heteroatoms. The van der Waals surface area contributed by atoms with Gasteiger partial charge in [0.25, 0.3) is 5.91 Å². The maximum Gasteiger partial charge on any atom is 0.264 e. The summed E-state index contributed by atoms with van der Waals surface area (Å²) in [5, 5.41) is 3.47. The number of nitrogens with one attached hydrogen (secondary N) is 1. The molecular weight excluding hydrogens is 420 g/mol. The van der Waals surface area contributed by atoms with Crippen LogP contribution in [0.25, 0.3) is 6.08 Å². The molecule has 0 atom stereocenters. The maximum absolute atomic E-state index is 12.3. The minimum atomic E-state index is -0.107. The van der Waals surface area contributed by atoms with Gasteiger partial charge in [-0.15, -0.1) is 0 Å². The lowest BCUT2D eigenvalue weighted by atomic mass is 9.87. The van der Waals surface area contributed by atoms with E-state index in [1.165, 1.54) is 17.3 Å². The molecule has 1 amide bonds. The third-order valence-corrected chi connectivity index (χ3v) is 6.54. The SMILES string of the molecule is Cc1cc(N=C2NC(=O)/C(=C/c3ccc(C(C)(C)C)cc3)S2)cc(C)c1Br. The smallest absolute Gasteiger partial charge is 0.264 e. The van der Waals surface area contributed by atoms with E-state index in [9.17, 15) is 4.79 Å². The highest BCUT2D eigenvalue weighted by Gasteiger charge is 2.24. The summed E-state index contributed by atoms with van der Waals surface area (Å²) in [7, 11) is 0. The number of nitrogens with zero attached hydrogens (tertiary/aromatic N) is 1. The molecule has 0 aliphatic carbocycles. The van der Waals surface area contributed by atoms with Gasteiger partial charge < -0.3 is 5.32 Å². The molecule has 0 aromatic heterocycles. The normalized spacial score (nSPS) is 17.6. The number of hydrogen-bond acceptors (Lipinski definition) is 3. The average molecular weight is 443 g/mol. The number of amides is 1. The molecule has 27 heavy (non-hydrogen) atoms. The van der Waals surface area contributed by atoms with E-state index in [1.54, 1.807) is 0 Å². The summed E-state index contributed by atoms with van der Waals surface area (Å²) in [5.74, 6) is -0.107. The van der Waals surface area contributed by atoms with Crippen LogP contribution >= 0.6 is 27.7 Å². The van der Waals surface area contributed by atoms with Crippen molar-refractivity contribution in [1.82, 2.24) is 5.32 Å². The summed E-state index contributed by atoms with van der Waals surface area (Å²) in [6.07, 6.45) is 1.91. The van der Waals surface area contributed by atoms with Gasteiger partial charge in [-0.05, 0) is 71.5 Å². The fourth-order valence-corrected chi connectivity index (χ4v) is 3.89. The minimum absolute atomic E-state index is 0.107. The van der Waals surface area contributed by atoms with Crippen LogP contribution in [0, 0.1) is 13.8 Å². The lowest BCUT2D eigenvalue weighted by Gasteiger charge is -2.18. The molecule has 1 fully saturated rings. The van der Waals surface area contributed by atoms with E-state index < -0.39 is 0 Å². The van der Waals surface area contributed by atoms with E-state index in [4.69, 9.17) is 0 Å². The van der Waals surface area contributed by atoms with Crippen molar-refractivity contribution < 1.29 is 4.79 Å². The van der Waals surface area contributed by atoms with Crippen molar-refractivity contribution in [3.8, 4) is 0 Å². The number of aliphatic imine (C=N–C) groups is 1. The molecule has 1 heterocycles. The molecule has 3 nitrogen and oxygen atoms in total. The van der Waals surface area contributed by atoms with Crippen LogP contribution in [-0.2, 0) is 10.2 Å². The molecule has 0 radical (unpaired) electrons. The monoisotopic (exact) mass is 442 g/mol. The number of hydrogen-bond donors (Lipinski definition) is 1. The number of rotatable bonds is 2. The number of amidine groups is 1. The zero-order valence-electron chi connectivity index (χ0n) is 16.2. The predicted molar refractivity (Wildman–Crippen MR) is 120 cm³/mol. The molecule has 0 saturated carbocycles. The quantitative estimate of drug-likeness (QED) is 0.557. The Labute approximate surface area is 173 Å². The number of carbonyl (C=O) groups is 1. The van der Waals surface area contributed by atoms with Gasteiger partial charge >= 0.3 is 0 Å². The van der Waals surface area contributed by atoms with E-state index in [2.05, 4.69) is 71.3 Å². The second kappa shape index (κ2) is 7.64. The molecular formula is C22H23BrN2OS. The van der Waals surface area contributed by atoms with Crippen LogP contribution in [0.5, 0.6) is 0 Å². The van der Waals surface area contributed by atoms with E-state index in [0.29, 0.717) is 10.1 Å². The predicted octanol–water partition coefficient (Wildman–Crippen LogP) is 6.26. The lowest BCUT2D eigenvalue weighted by Crippen LogP contribution is -2.19. The van der Waals surface area contributed by atoms with Gasteiger partial charge in [-0.2, -0.15) is 0 Å². The fraction of sp³-hybridized carbons (Fsp3) is 0.273. The van der Waals surface area contributed by atoms with Gasteiger partial charge in [-0.1, -0.05) is 61.0 Å². The van der Waals surface area contributed by atoms with Crippen LogP contribution in [0.1, 0.15) is 43.0 Å². The second-order valence-corrected chi connectivity index (χ2v) is 9.57. The summed E-state index contributed by atoms with van der Waals surface area (Å²) < 4.78 is 1.09. The molecule has 1 aliphatic rings. The van der Waals surface area contributed by atoms with Gasteiger partial charge in [-0.3, -0.25) is 4.79 Å². The topological polar surface area (TPSA) is 41.5 Å². The highest BCUT2D eigenvalue weighted by atomic mass is 79.9. The zero-order chi connectivity index (χ0) is 19.8. The molecule has 0 spiro atoms. The lowest BCUT2D eigenvalue weighted by molar-refractivity contribution is -0.115. The van der Waals surface area contributed by atoms with Gasteiger partial charge in [0.05, 0.1) is 10.6 Å². The molecule has 0 bridgehead atoms. The standard InChI is InChI=1S/C22H23BrN2OS/c1-13-10-17(11-14(2)19(13)23)24-21-25-20(26)18(27-21)12-15-6-8-16(9-7-15)22(3,4)5/h6-12H,1-5H3,(H,24,25,26)/b18-12-. The Morgan fingerprint density at radius 2 is 1.67 bits per heavy atom. The van der Waals surface area contributed by atoms with Crippen LogP contribution in [-0.4, -0.2) is 11.1 Å². The van der Waals surface area contributed by atoms with Crippen LogP contribution < -0.4 is 5.32 Å². The molecule has 140 valence electrons. The van der Waals surface area contributed by atoms with E-state index in [0.717, 1.165) is 26.9 Å². The number of benzene rings is 2. The Morgan fingerprint density at radius 1 is 1.07 bits per heavy atom. The highest BCUT2D eigenvalue weighted by Crippen LogP contribution is 2.31. The van der Waals surface area contributed by atoms with Crippen molar-refractivity contribution in [2.45, 2.75) is 40.0 Å². The number of thioether (sulfide) groups is 1. The van der Waals surface area contributed by atoms with Crippen molar-refractivity contribution in [3.05, 3.63) is 68.0 Å². The molecule has 1 saturated heterocycles. The first-order chi connectivity index (χ1) is 12.6. The van der Waals surface area contributed by atoms with Gasteiger partial charge in [0, 0.05) is 4.47 Å². The second-order valence-electron chi connectivity index (χ2n) is 7.75. The van der Waals surface area contributed by atoms with Gasteiger partial charge in [0.2, 0.25) is 0 Å². The average Bonchev–Trinajstić information content (AvgIpc) is 2.91. The summed E-state index contributed by atoms with van der Waals surface area (Å²) in [5.41, 5.74) is 5.49.